The lowest BCUT2D eigenvalue weighted by molar-refractivity contribution is 0.394. The zero-order valence-corrected chi connectivity index (χ0v) is 15.4. The zero-order valence-electron chi connectivity index (χ0n) is 15.4. The fraction of sp³-hybridized carbons (Fsp3) is 0.611. The van der Waals surface area contributed by atoms with E-state index >= 15 is 0 Å². The maximum Gasteiger partial charge on any atom is 0.188 e. The monoisotopic (exact) mass is 334 g/mol. The van der Waals surface area contributed by atoms with Crippen molar-refractivity contribution in [3.63, 3.8) is 0 Å². The van der Waals surface area contributed by atoms with Crippen molar-refractivity contribution in [1.82, 2.24) is 5.32 Å². The fourth-order valence-corrected chi connectivity index (χ4v) is 2.84. The predicted molar refractivity (Wildman–Crippen MR) is 99.2 cm³/mol. The zero-order chi connectivity index (χ0) is 17.7. The molecule has 1 aliphatic heterocycles. The van der Waals surface area contributed by atoms with Gasteiger partial charge in [0.1, 0.15) is 11.5 Å². The van der Waals surface area contributed by atoms with Crippen LogP contribution in [-0.2, 0) is 0 Å². The third kappa shape index (κ3) is 5.22. The molecule has 6 nitrogen and oxygen atoms in total. The Bertz CT molecular complexity index is 559. The van der Waals surface area contributed by atoms with Crippen molar-refractivity contribution in [1.29, 1.82) is 0 Å². The molecule has 1 atom stereocenters. The van der Waals surface area contributed by atoms with Crippen LogP contribution >= 0.6 is 0 Å². The van der Waals surface area contributed by atoms with E-state index < -0.39 is 0 Å². The van der Waals surface area contributed by atoms with Crippen LogP contribution in [0.1, 0.15) is 27.2 Å². The number of rotatable bonds is 5. The maximum absolute atomic E-state index is 5.95. The molecule has 0 radical (unpaired) electrons. The Kier molecular flexibility index (Phi) is 5.80. The molecule has 2 rings (SSSR count). The van der Waals surface area contributed by atoms with Gasteiger partial charge in [0.25, 0.3) is 0 Å². The Morgan fingerprint density at radius 2 is 1.88 bits per heavy atom. The molecule has 0 spiro atoms. The molecule has 1 heterocycles. The fourth-order valence-electron chi connectivity index (χ4n) is 2.84. The Morgan fingerprint density at radius 1 is 1.25 bits per heavy atom. The van der Waals surface area contributed by atoms with E-state index in [0.29, 0.717) is 11.9 Å². The largest absolute Gasteiger partial charge is 0.497 e. The number of nitrogens with zero attached hydrogens (tertiary/aromatic N) is 2. The van der Waals surface area contributed by atoms with Gasteiger partial charge in [0, 0.05) is 49.1 Å². The summed E-state index contributed by atoms with van der Waals surface area (Å²) in [6.45, 7) is 8.92. The van der Waals surface area contributed by atoms with Crippen LogP contribution in [-0.4, -0.2) is 45.4 Å². The van der Waals surface area contributed by atoms with E-state index in [1.54, 1.807) is 14.2 Å². The molecule has 134 valence electrons. The molecule has 1 aromatic rings. The second-order valence-corrected chi connectivity index (χ2v) is 7.27. The number of nitrogens with one attached hydrogen (secondary N) is 1. The van der Waals surface area contributed by atoms with E-state index in [1.807, 2.05) is 18.2 Å². The van der Waals surface area contributed by atoms with Crippen molar-refractivity contribution < 1.29 is 9.47 Å². The summed E-state index contributed by atoms with van der Waals surface area (Å²) < 4.78 is 10.7. The van der Waals surface area contributed by atoms with Gasteiger partial charge < -0.3 is 25.4 Å². The second kappa shape index (κ2) is 7.64. The van der Waals surface area contributed by atoms with Gasteiger partial charge >= 0.3 is 0 Å². The molecular weight excluding hydrogens is 304 g/mol. The van der Waals surface area contributed by atoms with Gasteiger partial charge in [-0.25, -0.2) is 0 Å². The predicted octanol–water partition coefficient (Wildman–Crippen LogP) is 2.23. The highest BCUT2D eigenvalue weighted by Crippen LogP contribution is 2.31. The van der Waals surface area contributed by atoms with Crippen molar-refractivity contribution in [2.75, 3.05) is 38.8 Å². The summed E-state index contributed by atoms with van der Waals surface area (Å²) in [5.74, 6) is 2.64. The molecule has 6 heteroatoms. The number of benzene rings is 1. The molecule has 1 aromatic carbocycles. The molecule has 24 heavy (non-hydrogen) atoms. The van der Waals surface area contributed by atoms with Gasteiger partial charge in [-0.05, 0) is 33.1 Å². The third-order valence-electron chi connectivity index (χ3n) is 4.01. The number of ether oxygens (including phenoxy) is 2. The minimum atomic E-state index is -0.0631. The minimum absolute atomic E-state index is 0.0631. The van der Waals surface area contributed by atoms with Gasteiger partial charge in [-0.1, -0.05) is 0 Å². The van der Waals surface area contributed by atoms with Crippen molar-refractivity contribution in [2.45, 2.75) is 32.7 Å². The molecule has 1 fully saturated rings. The number of anilines is 1. The number of guanidine groups is 1. The van der Waals surface area contributed by atoms with Crippen LogP contribution in [0.5, 0.6) is 11.5 Å². The molecule has 0 bridgehead atoms. The van der Waals surface area contributed by atoms with Gasteiger partial charge in [0.05, 0.1) is 14.2 Å². The van der Waals surface area contributed by atoms with E-state index in [9.17, 15) is 0 Å². The standard InChI is InChI=1S/C18H30N4O2/c1-18(2,3)21-17(19)20-11-13-6-7-22(12-13)14-8-15(23-4)10-16(9-14)24-5/h8-10,13H,6-7,11-12H2,1-5H3,(H3,19,20,21). The first kappa shape index (κ1) is 18.2. The Morgan fingerprint density at radius 3 is 2.42 bits per heavy atom. The lowest BCUT2D eigenvalue weighted by Gasteiger charge is -2.22. The van der Waals surface area contributed by atoms with Gasteiger partial charge in [-0.3, -0.25) is 4.99 Å². The highest BCUT2D eigenvalue weighted by Gasteiger charge is 2.23. The normalized spacial score (nSPS) is 18.6. The van der Waals surface area contributed by atoms with E-state index in [4.69, 9.17) is 15.2 Å². The lowest BCUT2D eigenvalue weighted by Crippen LogP contribution is -2.45. The highest BCUT2D eigenvalue weighted by molar-refractivity contribution is 5.78. The maximum atomic E-state index is 5.95. The summed E-state index contributed by atoms with van der Waals surface area (Å²) in [5.41, 5.74) is 7.01. The topological polar surface area (TPSA) is 72.1 Å². The number of nitrogens with two attached hydrogens (primary N) is 1. The van der Waals surface area contributed by atoms with Gasteiger partial charge in [0.2, 0.25) is 0 Å². The van der Waals surface area contributed by atoms with Crippen LogP contribution in [0, 0.1) is 5.92 Å². The number of hydrogen-bond donors (Lipinski definition) is 2. The molecule has 3 N–H and O–H groups in total. The van der Waals surface area contributed by atoms with E-state index in [0.717, 1.165) is 43.2 Å². The molecule has 1 aliphatic rings. The Labute approximate surface area is 145 Å². The van der Waals surface area contributed by atoms with Gasteiger partial charge in [0.15, 0.2) is 5.96 Å². The lowest BCUT2D eigenvalue weighted by atomic mass is 10.1. The van der Waals surface area contributed by atoms with Crippen molar-refractivity contribution in [3.05, 3.63) is 18.2 Å². The molecule has 0 saturated carbocycles. The summed E-state index contributed by atoms with van der Waals surface area (Å²) in [6, 6.07) is 5.98. The first-order valence-corrected chi connectivity index (χ1v) is 8.37. The minimum Gasteiger partial charge on any atom is -0.497 e. The summed E-state index contributed by atoms with van der Waals surface area (Å²) in [4.78, 5) is 6.84. The van der Waals surface area contributed by atoms with Crippen LogP contribution < -0.4 is 25.4 Å². The average molecular weight is 334 g/mol. The molecule has 0 aliphatic carbocycles. The van der Waals surface area contributed by atoms with E-state index in [1.165, 1.54) is 0 Å². The van der Waals surface area contributed by atoms with Crippen molar-refractivity contribution in [3.8, 4) is 11.5 Å². The Hall–Kier alpha value is -2.11. The quantitative estimate of drug-likeness (QED) is 0.638. The smallest absolute Gasteiger partial charge is 0.188 e. The summed E-state index contributed by atoms with van der Waals surface area (Å²) >= 11 is 0. The van der Waals surface area contributed by atoms with Gasteiger partial charge in [-0.2, -0.15) is 0 Å². The molecule has 1 saturated heterocycles. The van der Waals surface area contributed by atoms with Crippen LogP contribution in [0.3, 0.4) is 0 Å². The molecular formula is C18H30N4O2. The summed E-state index contributed by atoms with van der Waals surface area (Å²) in [5, 5.41) is 3.20. The second-order valence-electron chi connectivity index (χ2n) is 7.27. The van der Waals surface area contributed by atoms with Crippen LogP contribution in [0.4, 0.5) is 5.69 Å². The Balaban J connectivity index is 1.97. The van der Waals surface area contributed by atoms with Crippen LogP contribution in [0.15, 0.2) is 23.2 Å². The average Bonchev–Trinajstić information content (AvgIpc) is 2.99. The number of aliphatic imine (C=N–C) groups is 1. The van der Waals surface area contributed by atoms with Crippen molar-refractivity contribution in [2.24, 2.45) is 16.6 Å². The molecule has 0 amide bonds. The number of methoxy groups -OCH3 is 2. The van der Waals surface area contributed by atoms with E-state index in [-0.39, 0.29) is 5.54 Å². The first-order chi connectivity index (χ1) is 11.3. The first-order valence-electron chi connectivity index (χ1n) is 8.37. The van der Waals surface area contributed by atoms with Gasteiger partial charge in [-0.15, -0.1) is 0 Å². The number of hydrogen-bond acceptors (Lipinski definition) is 4. The third-order valence-corrected chi connectivity index (χ3v) is 4.01. The molecule has 0 aromatic heterocycles. The van der Waals surface area contributed by atoms with E-state index in [2.05, 4.69) is 36.0 Å². The summed E-state index contributed by atoms with van der Waals surface area (Å²) in [6.07, 6.45) is 1.10. The van der Waals surface area contributed by atoms with Crippen LogP contribution in [0.25, 0.3) is 0 Å². The SMILES string of the molecule is COc1cc(OC)cc(N2CCC(CN=C(N)NC(C)(C)C)C2)c1. The van der Waals surface area contributed by atoms with Crippen LogP contribution in [0.2, 0.25) is 0 Å². The highest BCUT2D eigenvalue weighted by atomic mass is 16.5. The summed E-state index contributed by atoms with van der Waals surface area (Å²) in [7, 11) is 3.34. The molecule has 1 unspecified atom stereocenters. The van der Waals surface area contributed by atoms with Crippen molar-refractivity contribution >= 4 is 11.6 Å².